The summed E-state index contributed by atoms with van der Waals surface area (Å²) in [6.45, 7) is 2.92. The van der Waals surface area contributed by atoms with Crippen LogP contribution in [0.25, 0.3) is 22.2 Å². The number of fused-ring (bicyclic) bond motifs is 1. The van der Waals surface area contributed by atoms with E-state index in [1.807, 2.05) is 73.7 Å². The summed E-state index contributed by atoms with van der Waals surface area (Å²) in [5.74, 6) is 0.381. The van der Waals surface area contributed by atoms with Gasteiger partial charge in [-0.05, 0) is 74.3 Å². The van der Waals surface area contributed by atoms with E-state index in [4.69, 9.17) is 9.97 Å². The van der Waals surface area contributed by atoms with E-state index >= 15 is 0 Å². The Kier molecular flexibility index (Phi) is 8.24. The Bertz CT molecular complexity index is 1680. The second-order valence-corrected chi connectivity index (χ2v) is 11.3. The van der Waals surface area contributed by atoms with Crippen LogP contribution in [0.3, 0.4) is 0 Å². The molecule has 0 bridgehead atoms. The zero-order chi connectivity index (χ0) is 28.9. The molecule has 6 rings (SSSR count). The summed E-state index contributed by atoms with van der Waals surface area (Å²) >= 11 is 0. The zero-order valence-corrected chi connectivity index (χ0v) is 24.3. The molecule has 0 spiro atoms. The van der Waals surface area contributed by atoms with Crippen molar-refractivity contribution in [2.75, 3.05) is 17.7 Å². The number of rotatable bonds is 8. The second kappa shape index (κ2) is 12.5. The SMILES string of the molecule is Cc1ccc(CN(C)C2CCCCC2)cc1NC(=O)c1ccc(Nc2nc(-c3ccccc3)c3ccccc3n2)cc1. The van der Waals surface area contributed by atoms with E-state index in [9.17, 15) is 4.79 Å². The molecule has 2 N–H and O–H groups in total. The number of para-hydroxylation sites is 1. The van der Waals surface area contributed by atoms with Crippen LogP contribution in [0.4, 0.5) is 17.3 Å². The summed E-state index contributed by atoms with van der Waals surface area (Å²) in [6.07, 6.45) is 6.55. The van der Waals surface area contributed by atoms with Crippen LogP contribution in [0.1, 0.15) is 53.6 Å². The molecule has 0 saturated heterocycles. The molecule has 1 saturated carbocycles. The maximum Gasteiger partial charge on any atom is 0.255 e. The number of aryl methyl sites for hydroxylation is 1. The standard InChI is InChI=1S/C36H37N5O/c1-25-17-18-26(24-41(2)30-13-7-4-8-14-30)23-33(25)38-35(42)28-19-21-29(22-20-28)37-36-39-32-16-10-9-15-31(32)34(40-36)27-11-5-3-6-12-27/h3,5-6,9-12,15-23,30H,4,7-8,13-14,24H2,1-2H3,(H,38,42)(H,37,39,40). The normalized spacial score (nSPS) is 13.8. The highest BCUT2D eigenvalue weighted by Crippen LogP contribution is 2.29. The van der Waals surface area contributed by atoms with Crippen LogP contribution in [0.2, 0.25) is 0 Å². The van der Waals surface area contributed by atoms with Crippen LogP contribution < -0.4 is 10.6 Å². The topological polar surface area (TPSA) is 70.2 Å². The van der Waals surface area contributed by atoms with Crippen LogP contribution >= 0.6 is 0 Å². The lowest BCUT2D eigenvalue weighted by Crippen LogP contribution is -2.32. The molecule has 1 heterocycles. The number of nitrogens with zero attached hydrogens (tertiary/aromatic N) is 3. The van der Waals surface area contributed by atoms with E-state index in [1.165, 1.54) is 37.7 Å². The minimum Gasteiger partial charge on any atom is -0.324 e. The molecule has 1 fully saturated rings. The number of carbonyl (C=O) groups excluding carboxylic acids is 1. The highest BCUT2D eigenvalue weighted by molar-refractivity contribution is 6.05. The first-order chi connectivity index (χ1) is 20.5. The summed E-state index contributed by atoms with van der Waals surface area (Å²) in [4.78, 5) is 25.2. The third-order valence-corrected chi connectivity index (χ3v) is 8.23. The van der Waals surface area contributed by atoms with Gasteiger partial charge in [0.05, 0.1) is 11.2 Å². The van der Waals surface area contributed by atoms with Crippen molar-refractivity contribution in [2.45, 2.75) is 51.6 Å². The van der Waals surface area contributed by atoms with Crippen molar-refractivity contribution in [1.82, 2.24) is 14.9 Å². The van der Waals surface area contributed by atoms with Crippen molar-refractivity contribution < 1.29 is 4.79 Å². The molecule has 0 unspecified atom stereocenters. The average Bonchev–Trinajstić information content (AvgIpc) is 3.03. The Morgan fingerprint density at radius 3 is 2.38 bits per heavy atom. The maximum absolute atomic E-state index is 13.2. The number of hydrogen-bond acceptors (Lipinski definition) is 5. The second-order valence-electron chi connectivity index (χ2n) is 11.3. The monoisotopic (exact) mass is 555 g/mol. The van der Waals surface area contributed by atoms with Crippen LogP contribution in [-0.4, -0.2) is 33.9 Å². The Labute approximate surface area is 247 Å². The molecular formula is C36H37N5O. The lowest BCUT2D eigenvalue weighted by Gasteiger charge is -2.31. The first kappa shape index (κ1) is 27.6. The van der Waals surface area contributed by atoms with E-state index in [1.54, 1.807) is 0 Å². The minimum atomic E-state index is -0.129. The third-order valence-electron chi connectivity index (χ3n) is 8.23. The van der Waals surface area contributed by atoms with Crippen molar-refractivity contribution in [3.63, 3.8) is 0 Å². The quantitative estimate of drug-likeness (QED) is 0.201. The van der Waals surface area contributed by atoms with Gasteiger partial charge in [-0.2, -0.15) is 0 Å². The molecule has 1 amide bonds. The Morgan fingerprint density at radius 2 is 1.60 bits per heavy atom. The molecule has 0 aliphatic heterocycles. The molecule has 0 radical (unpaired) electrons. The molecule has 4 aromatic carbocycles. The number of carbonyl (C=O) groups is 1. The third kappa shape index (κ3) is 6.34. The number of aromatic nitrogens is 2. The largest absolute Gasteiger partial charge is 0.324 e. The summed E-state index contributed by atoms with van der Waals surface area (Å²) in [5.41, 5.74) is 7.30. The molecule has 6 nitrogen and oxygen atoms in total. The van der Waals surface area contributed by atoms with E-state index < -0.39 is 0 Å². The molecule has 1 aliphatic rings. The van der Waals surface area contributed by atoms with Gasteiger partial charge in [0.1, 0.15) is 0 Å². The van der Waals surface area contributed by atoms with Crippen LogP contribution in [0, 0.1) is 6.92 Å². The van der Waals surface area contributed by atoms with Gasteiger partial charge in [0, 0.05) is 40.5 Å². The van der Waals surface area contributed by atoms with Gasteiger partial charge in [-0.25, -0.2) is 9.97 Å². The number of nitrogens with one attached hydrogen (secondary N) is 2. The summed E-state index contributed by atoms with van der Waals surface area (Å²) in [7, 11) is 2.22. The number of hydrogen-bond donors (Lipinski definition) is 2. The Morgan fingerprint density at radius 1 is 0.857 bits per heavy atom. The fourth-order valence-electron chi connectivity index (χ4n) is 5.82. The summed E-state index contributed by atoms with van der Waals surface area (Å²) in [5, 5.41) is 7.46. The van der Waals surface area contributed by atoms with Gasteiger partial charge in [-0.3, -0.25) is 9.69 Å². The predicted octanol–water partition coefficient (Wildman–Crippen LogP) is 8.37. The first-order valence-corrected chi connectivity index (χ1v) is 14.8. The average molecular weight is 556 g/mol. The van der Waals surface area contributed by atoms with Crippen LogP contribution in [0.5, 0.6) is 0 Å². The lowest BCUT2D eigenvalue weighted by atomic mass is 9.94. The number of anilines is 3. The summed E-state index contributed by atoms with van der Waals surface area (Å²) in [6, 6.07) is 32.6. The fraction of sp³-hybridized carbons (Fsp3) is 0.250. The van der Waals surface area contributed by atoms with Crippen LogP contribution in [-0.2, 0) is 6.54 Å². The molecule has 0 atom stereocenters. The van der Waals surface area contributed by atoms with Crippen molar-refractivity contribution in [3.05, 3.63) is 114 Å². The van der Waals surface area contributed by atoms with E-state index in [0.717, 1.165) is 45.6 Å². The fourth-order valence-corrected chi connectivity index (χ4v) is 5.82. The molecule has 6 heteroatoms. The number of amides is 1. The molecule has 42 heavy (non-hydrogen) atoms. The maximum atomic E-state index is 13.2. The molecule has 1 aromatic heterocycles. The van der Waals surface area contributed by atoms with Gasteiger partial charge in [0.25, 0.3) is 5.91 Å². The molecule has 212 valence electrons. The number of benzene rings is 4. The molecule has 1 aliphatic carbocycles. The smallest absolute Gasteiger partial charge is 0.255 e. The minimum absolute atomic E-state index is 0.129. The van der Waals surface area contributed by atoms with E-state index in [-0.39, 0.29) is 5.91 Å². The van der Waals surface area contributed by atoms with Crippen molar-refractivity contribution in [1.29, 1.82) is 0 Å². The highest BCUT2D eigenvalue weighted by atomic mass is 16.1. The zero-order valence-electron chi connectivity index (χ0n) is 24.3. The van der Waals surface area contributed by atoms with Gasteiger partial charge in [-0.15, -0.1) is 0 Å². The van der Waals surface area contributed by atoms with Gasteiger partial charge in [0.2, 0.25) is 5.95 Å². The van der Waals surface area contributed by atoms with Crippen molar-refractivity contribution in [3.8, 4) is 11.3 Å². The van der Waals surface area contributed by atoms with E-state index in [2.05, 4.69) is 52.9 Å². The highest BCUT2D eigenvalue weighted by Gasteiger charge is 2.18. The Hall–Kier alpha value is -4.55. The molecule has 5 aromatic rings. The molecular weight excluding hydrogens is 518 g/mol. The predicted molar refractivity (Wildman–Crippen MR) is 172 cm³/mol. The summed E-state index contributed by atoms with van der Waals surface area (Å²) < 4.78 is 0. The lowest BCUT2D eigenvalue weighted by molar-refractivity contribution is 0.102. The Balaban J connectivity index is 1.15. The van der Waals surface area contributed by atoms with Crippen LogP contribution in [0.15, 0.2) is 97.1 Å². The van der Waals surface area contributed by atoms with Crippen molar-refractivity contribution >= 4 is 34.1 Å². The van der Waals surface area contributed by atoms with Gasteiger partial charge < -0.3 is 10.6 Å². The van der Waals surface area contributed by atoms with Crippen molar-refractivity contribution in [2.24, 2.45) is 0 Å². The van der Waals surface area contributed by atoms with E-state index in [0.29, 0.717) is 17.6 Å². The van der Waals surface area contributed by atoms with Gasteiger partial charge >= 0.3 is 0 Å². The van der Waals surface area contributed by atoms with Gasteiger partial charge in [-0.1, -0.05) is 79.9 Å². The first-order valence-electron chi connectivity index (χ1n) is 14.8. The van der Waals surface area contributed by atoms with Gasteiger partial charge in [0.15, 0.2) is 0 Å².